The van der Waals surface area contributed by atoms with Gasteiger partial charge in [-0.3, -0.25) is 9.78 Å². The number of benzene rings is 1. The number of rotatable bonds is 4. The second-order valence-electron chi connectivity index (χ2n) is 4.37. The average molecular weight is 298 g/mol. The number of nitrogens with two attached hydrogens (primary N) is 1. The van der Waals surface area contributed by atoms with Crippen molar-refractivity contribution < 1.29 is 8.42 Å². The van der Waals surface area contributed by atoms with Crippen molar-refractivity contribution >= 4 is 20.9 Å². The summed E-state index contributed by atoms with van der Waals surface area (Å²) < 4.78 is 26.5. The number of nitrogens with one attached hydrogen (secondary N) is 3. The average Bonchev–Trinajstić information content (AvgIpc) is 2.37. The first-order valence-electron chi connectivity index (χ1n) is 5.82. The van der Waals surface area contributed by atoms with Gasteiger partial charge in [0.25, 0.3) is 5.56 Å². The van der Waals surface area contributed by atoms with Crippen molar-refractivity contribution in [2.24, 2.45) is 5.73 Å². The molecule has 1 aromatic heterocycles. The van der Waals surface area contributed by atoms with Gasteiger partial charge in [0.2, 0.25) is 10.0 Å². The number of H-pyrrole nitrogens is 2. The molecule has 9 heteroatoms. The molecule has 0 unspecified atom stereocenters. The maximum Gasteiger partial charge on any atom is 0.326 e. The van der Waals surface area contributed by atoms with E-state index in [9.17, 15) is 18.0 Å². The third kappa shape index (κ3) is 2.79. The van der Waals surface area contributed by atoms with Crippen LogP contribution in [0.25, 0.3) is 10.9 Å². The smallest absolute Gasteiger partial charge is 0.326 e. The SMILES string of the molecule is C[C@@H](CN)NS(=O)(=O)c1ccc2[nH]c(=O)[nH]c(=O)c2c1. The molecular formula is C11H14N4O4S. The van der Waals surface area contributed by atoms with E-state index in [2.05, 4.69) is 9.71 Å². The van der Waals surface area contributed by atoms with Crippen molar-refractivity contribution in [3.05, 3.63) is 39.0 Å². The summed E-state index contributed by atoms with van der Waals surface area (Å²) in [5.41, 5.74) is 4.34. The van der Waals surface area contributed by atoms with Crippen LogP contribution >= 0.6 is 0 Å². The molecule has 0 fully saturated rings. The molecule has 8 nitrogen and oxygen atoms in total. The van der Waals surface area contributed by atoms with Crippen LogP contribution in [0, 0.1) is 0 Å². The molecule has 0 aliphatic heterocycles. The van der Waals surface area contributed by atoms with Crippen molar-refractivity contribution in [2.75, 3.05) is 6.54 Å². The molecular weight excluding hydrogens is 284 g/mol. The van der Waals surface area contributed by atoms with Crippen LogP contribution in [0.2, 0.25) is 0 Å². The monoisotopic (exact) mass is 298 g/mol. The second-order valence-corrected chi connectivity index (χ2v) is 6.09. The Morgan fingerprint density at radius 3 is 2.65 bits per heavy atom. The topological polar surface area (TPSA) is 138 Å². The number of fused-ring (bicyclic) bond motifs is 1. The highest BCUT2D eigenvalue weighted by atomic mass is 32.2. The zero-order valence-electron chi connectivity index (χ0n) is 10.6. The van der Waals surface area contributed by atoms with Crippen molar-refractivity contribution in [1.82, 2.24) is 14.7 Å². The molecule has 1 atom stereocenters. The van der Waals surface area contributed by atoms with Gasteiger partial charge in [-0.15, -0.1) is 0 Å². The Hall–Kier alpha value is -1.97. The van der Waals surface area contributed by atoms with Gasteiger partial charge in [0.1, 0.15) is 0 Å². The highest BCUT2D eigenvalue weighted by Gasteiger charge is 2.17. The Morgan fingerprint density at radius 1 is 1.30 bits per heavy atom. The lowest BCUT2D eigenvalue weighted by Gasteiger charge is -2.12. The number of aromatic amines is 2. The first-order chi connectivity index (χ1) is 9.33. The molecule has 1 heterocycles. The normalized spacial score (nSPS) is 13.5. The second kappa shape index (κ2) is 5.19. The summed E-state index contributed by atoms with van der Waals surface area (Å²) >= 11 is 0. The van der Waals surface area contributed by atoms with E-state index >= 15 is 0 Å². The predicted molar refractivity (Wildman–Crippen MR) is 74.0 cm³/mol. The van der Waals surface area contributed by atoms with Gasteiger partial charge in [0.15, 0.2) is 0 Å². The van der Waals surface area contributed by atoms with Crippen molar-refractivity contribution in [1.29, 1.82) is 0 Å². The zero-order valence-corrected chi connectivity index (χ0v) is 11.5. The fraction of sp³-hybridized carbons (Fsp3) is 0.273. The standard InChI is InChI=1S/C11H14N4O4S/c1-6(5-12)15-20(18,19)7-2-3-9-8(4-7)10(16)14-11(17)13-9/h2-4,6,15H,5,12H2,1H3,(H2,13,14,16,17)/t6-/m0/s1. The van der Waals surface area contributed by atoms with Gasteiger partial charge in [-0.05, 0) is 25.1 Å². The molecule has 20 heavy (non-hydrogen) atoms. The highest BCUT2D eigenvalue weighted by molar-refractivity contribution is 7.89. The third-order valence-corrected chi connectivity index (χ3v) is 4.32. The molecule has 0 saturated carbocycles. The third-order valence-electron chi connectivity index (χ3n) is 2.73. The van der Waals surface area contributed by atoms with Crippen LogP contribution < -0.4 is 21.7 Å². The largest absolute Gasteiger partial charge is 0.329 e. The minimum atomic E-state index is -3.76. The van der Waals surface area contributed by atoms with Crippen LogP contribution in [0.15, 0.2) is 32.7 Å². The number of aromatic nitrogens is 2. The zero-order chi connectivity index (χ0) is 14.9. The van der Waals surface area contributed by atoms with E-state index in [4.69, 9.17) is 5.73 Å². The summed E-state index contributed by atoms with van der Waals surface area (Å²) in [6.45, 7) is 1.78. The lowest BCUT2D eigenvalue weighted by molar-refractivity contribution is 0.563. The van der Waals surface area contributed by atoms with E-state index in [0.717, 1.165) is 0 Å². The van der Waals surface area contributed by atoms with Gasteiger partial charge in [0, 0.05) is 12.6 Å². The van der Waals surface area contributed by atoms with Gasteiger partial charge >= 0.3 is 5.69 Å². The summed E-state index contributed by atoms with van der Waals surface area (Å²) in [7, 11) is -3.76. The highest BCUT2D eigenvalue weighted by Crippen LogP contribution is 2.14. The number of sulfonamides is 1. The van der Waals surface area contributed by atoms with Crippen LogP contribution in [-0.2, 0) is 10.0 Å². The fourth-order valence-corrected chi connectivity index (χ4v) is 2.97. The van der Waals surface area contributed by atoms with E-state index in [1.54, 1.807) is 6.92 Å². The Morgan fingerprint density at radius 2 is 2.00 bits per heavy atom. The molecule has 0 spiro atoms. The maximum absolute atomic E-state index is 12.1. The van der Waals surface area contributed by atoms with E-state index in [1.807, 2.05) is 4.98 Å². The quantitative estimate of drug-likeness (QED) is 0.564. The summed E-state index contributed by atoms with van der Waals surface area (Å²) in [4.78, 5) is 27.2. The summed E-state index contributed by atoms with van der Waals surface area (Å²) in [5, 5.41) is 0.0906. The number of hydrogen-bond donors (Lipinski definition) is 4. The Labute approximate surface area is 114 Å². The minimum absolute atomic E-state index is 0.0668. The van der Waals surface area contributed by atoms with E-state index in [1.165, 1.54) is 18.2 Å². The van der Waals surface area contributed by atoms with Crippen LogP contribution in [-0.4, -0.2) is 31.0 Å². The molecule has 2 aromatic rings. The lowest BCUT2D eigenvalue weighted by Crippen LogP contribution is -2.37. The van der Waals surface area contributed by atoms with Crippen LogP contribution in [0.5, 0.6) is 0 Å². The molecule has 0 saturated heterocycles. The molecule has 0 aliphatic carbocycles. The van der Waals surface area contributed by atoms with Crippen molar-refractivity contribution in [3.8, 4) is 0 Å². The van der Waals surface area contributed by atoms with E-state index in [0.29, 0.717) is 0 Å². The molecule has 5 N–H and O–H groups in total. The summed E-state index contributed by atoms with van der Waals surface area (Å²) in [6, 6.07) is 3.46. The molecule has 2 rings (SSSR count). The van der Waals surface area contributed by atoms with Gasteiger partial charge in [0.05, 0.1) is 15.8 Å². The minimum Gasteiger partial charge on any atom is -0.329 e. The predicted octanol–water partition coefficient (Wildman–Crippen LogP) is -1.16. The Balaban J connectivity index is 2.57. The molecule has 0 amide bonds. The molecule has 0 aliphatic rings. The molecule has 0 radical (unpaired) electrons. The Bertz CT molecular complexity index is 853. The van der Waals surface area contributed by atoms with Crippen molar-refractivity contribution in [2.45, 2.75) is 17.9 Å². The first-order valence-corrected chi connectivity index (χ1v) is 7.30. The maximum atomic E-state index is 12.1. The summed E-state index contributed by atoms with van der Waals surface area (Å²) in [5.74, 6) is 0. The van der Waals surface area contributed by atoms with Crippen LogP contribution in [0.3, 0.4) is 0 Å². The van der Waals surface area contributed by atoms with Gasteiger partial charge in [-0.25, -0.2) is 17.9 Å². The van der Waals surface area contributed by atoms with Crippen LogP contribution in [0.4, 0.5) is 0 Å². The van der Waals surface area contributed by atoms with E-state index < -0.39 is 27.3 Å². The molecule has 108 valence electrons. The first kappa shape index (κ1) is 14.4. The summed E-state index contributed by atoms with van der Waals surface area (Å²) in [6.07, 6.45) is 0. The van der Waals surface area contributed by atoms with E-state index in [-0.39, 0.29) is 22.3 Å². The fourth-order valence-electron chi connectivity index (χ4n) is 1.69. The Kier molecular flexibility index (Phi) is 3.75. The molecule has 0 bridgehead atoms. The number of hydrogen-bond acceptors (Lipinski definition) is 5. The molecule has 1 aromatic carbocycles. The van der Waals surface area contributed by atoms with Crippen molar-refractivity contribution in [3.63, 3.8) is 0 Å². The van der Waals surface area contributed by atoms with Gasteiger partial charge in [-0.2, -0.15) is 0 Å². The van der Waals surface area contributed by atoms with Gasteiger partial charge < -0.3 is 10.7 Å². The lowest BCUT2D eigenvalue weighted by atomic mass is 10.2. The van der Waals surface area contributed by atoms with Crippen LogP contribution in [0.1, 0.15) is 6.92 Å². The van der Waals surface area contributed by atoms with Gasteiger partial charge in [-0.1, -0.05) is 0 Å².